The first-order valence-electron chi connectivity index (χ1n) is 11.0. The molecule has 1 N–H and O–H groups in total. The summed E-state index contributed by atoms with van der Waals surface area (Å²) < 4.78 is 3.04. The molecule has 4 aromatic rings. The van der Waals surface area contributed by atoms with Gasteiger partial charge in [-0.05, 0) is 67.8 Å². The first-order valence-corrected chi connectivity index (χ1v) is 11.9. The largest absolute Gasteiger partial charge is 0.352 e. The number of hydrogen-bond acceptors (Lipinski definition) is 4. The maximum atomic E-state index is 13.4. The number of aryl methyl sites for hydroxylation is 3. The van der Waals surface area contributed by atoms with E-state index >= 15 is 0 Å². The molecule has 0 unspecified atom stereocenters. The van der Waals surface area contributed by atoms with Crippen molar-refractivity contribution < 1.29 is 4.79 Å². The number of nitrogens with one attached hydrogen (secondary N) is 1. The number of aromatic nitrogens is 2. The van der Waals surface area contributed by atoms with Crippen molar-refractivity contribution in [3.63, 3.8) is 0 Å². The van der Waals surface area contributed by atoms with Gasteiger partial charge in [0.1, 0.15) is 11.2 Å². The van der Waals surface area contributed by atoms with E-state index in [2.05, 4.69) is 17.4 Å². The lowest BCUT2D eigenvalue weighted by Crippen LogP contribution is -2.43. The molecule has 0 saturated carbocycles. The first-order chi connectivity index (χ1) is 15.8. The molecular formula is C26H27N3O3S. The summed E-state index contributed by atoms with van der Waals surface area (Å²) in [6.07, 6.45) is 1.65. The summed E-state index contributed by atoms with van der Waals surface area (Å²) in [5, 5.41) is 4.77. The zero-order valence-electron chi connectivity index (χ0n) is 19.0. The van der Waals surface area contributed by atoms with Gasteiger partial charge in [-0.1, -0.05) is 42.5 Å². The monoisotopic (exact) mass is 461 g/mol. The second kappa shape index (κ2) is 9.58. The van der Waals surface area contributed by atoms with Crippen LogP contribution in [0.3, 0.4) is 0 Å². The highest BCUT2D eigenvalue weighted by molar-refractivity contribution is 7.17. The molecule has 0 bridgehead atoms. The molecule has 0 aliphatic rings. The Kier molecular flexibility index (Phi) is 6.60. The van der Waals surface area contributed by atoms with E-state index in [9.17, 15) is 14.4 Å². The van der Waals surface area contributed by atoms with Gasteiger partial charge in [0, 0.05) is 6.04 Å². The molecule has 2 aromatic carbocycles. The standard InChI is InChI=1S/C26H27N3O3S/c1-17-9-10-18(2)22(15-17)29-25(31)24-21(13-14-33-24)28(26(29)32)16-23(30)27-19(3)11-12-20-7-5-4-6-8-20/h4-10,13-15,19H,11-12,16H2,1-3H3,(H,27,30)/t19-/m1/s1. The highest BCUT2D eigenvalue weighted by Gasteiger charge is 2.19. The highest BCUT2D eigenvalue weighted by Crippen LogP contribution is 2.18. The third-order valence-corrected chi connectivity index (χ3v) is 6.67. The van der Waals surface area contributed by atoms with Crippen LogP contribution in [0.1, 0.15) is 30.0 Å². The van der Waals surface area contributed by atoms with Crippen LogP contribution in [0.15, 0.2) is 69.6 Å². The van der Waals surface area contributed by atoms with Crippen LogP contribution in [0.4, 0.5) is 0 Å². The molecule has 6 nitrogen and oxygen atoms in total. The number of amides is 1. The van der Waals surface area contributed by atoms with Gasteiger partial charge in [-0.25, -0.2) is 9.36 Å². The number of nitrogens with zero attached hydrogens (tertiary/aromatic N) is 2. The highest BCUT2D eigenvalue weighted by atomic mass is 32.1. The average Bonchev–Trinajstić information content (AvgIpc) is 3.28. The number of carbonyl (C=O) groups excluding carboxylic acids is 1. The maximum Gasteiger partial charge on any atom is 0.336 e. The van der Waals surface area contributed by atoms with Crippen molar-refractivity contribution in [3.05, 3.63) is 97.5 Å². The average molecular weight is 462 g/mol. The number of carbonyl (C=O) groups is 1. The molecule has 170 valence electrons. The second-order valence-corrected chi connectivity index (χ2v) is 9.34. The topological polar surface area (TPSA) is 73.1 Å². The summed E-state index contributed by atoms with van der Waals surface area (Å²) >= 11 is 1.28. The number of benzene rings is 2. The Balaban J connectivity index is 1.62. The molecule has 0 fully saturated rings. The van der Waals surface area contributed by atoms with Crippen LogP contribution in [-0.2, 0) is 17.8 Å². The Morgan fingerprint density at radius 3 is 2.58 bits per heavy atom. The van der Waals surface area contributed by atoms with E-state index in [0.29, 0.717) is 15.9 Å². The fourth-order valence-corrected chi connectivity index (χ4v) is 4.80. The minimum absolute atomic E-state index is 0.0451. The van der Waals surface area contributed by atoms with Gasteiger partial charge in [-0.3, -0.25) is 14.2 Å². The molecular weight excluding hydrogens is 434 g/mol. The zero-order valence-corrected chi connectivity index (χ0v) is 19.8. The molecule has 4 rings (SSSR count). The molecule has 0 spiro atoms. The van der Waals surface area contributed by atoms with Crippen LogP contribution in [0.2, 0.25) is 0 Å². The molecule has 7 heteroatoms. The molecule has 0 saturated heterocycles. The lowest BCUT2D eigenvalue weighted by atomic mass is 10.1. The maximum absolute atomic E-state index is 13.4. The molecule has 1 atom stereocenters. The van der Waals surface area contributed by atoms with Crippen LogP contribution in [0.25, 0.3) is 15.9 Å². The predicted octanol–water partition coefficient (Wildman–Crippen LogP) is 3.97. The smallest absolute Gasteiger partial charge is 0.336 e. The molecule has 0 aliphatic carbocycles. The van der Waals surface area contributed by atoms with Crippen LogP contribution < -0.4 is 16.6 Å². The predicted molar refractivity (Wildman–Crippen MR) is 134 cm³/mol. The number of fused-ring (bicyclic) bond motifs is 1. The lowest BCUT2D eigenvalue weighted by Gasteiger charge is -2.17. The molecule has 2 aromatic heterocycles. The molecule has 2 heterocycles. The van der Waals surface area contributed by atoms with Crippen molar-refractivity contribution in [2.45, 2.75) is 46.2 Å². The summed E-state index contributed by atoms with van der Waals surface area (Å²) in [6, 6.07) is 17.5. The van der Waals surface area contributed by atoms with Crippen molar-refractivity contribution in [1.29, 1.82) is 0 Å². The van der Waals surface area contributed by atoms with Crippen LogP contribution in [-0.4, -0.2) is 21.1 Å². The first kappa shape index (κ1) is 22.7. The molecule has 0 radical (unpaired) electrons. The van der Waals surface area contributed by atoms with E-state index in [1.165, 1.54) is 26.0 Å². The lowest BCUT2D eigenvalue weighted by molar-refractivity contribution is -0.122. The normalized spacial score (nSPS) is 12.1. The fourth-order valence-electron chi connectivity index (χ4n) is 3.98. The van der Waals surface area contributed by atoms with E-state index in [0.717, 1.165) is 24.0 Å². The Hall–Kier alpha value is -3.45. The summed E-state index contributed by atoms with van der Waals surface area (Å²) in [5.41, 5.74) is 3.16. The SMILES string of the molecule is Cc1ccc(C)c(-n2c(=O)c3sccc3n(CC(=O)N[C@H](C)CCc3ccccc3)c2=O)c1. The van der Waals surface area contributed by atoms with Gasteiger partial charge < -0.3 is 5.32 Å². The summed E-state index contributed by atoms with van der Waals surface area (Å²) in [4.78, 5) is 39.5. The van der Waals surface area contributed by atoms with Gasteiger partial charge in [0.05, 0.1) is 11.2 Å². The summed E-state index contributed by atoms with van der Waals surface area (Å²) in [6.45, 7) is 5.60. The van der Waals surface area contributed by atoms with Crippen LogP contribution >= 0.6 is 11.3 Å². The van der Waals surface area contributed by atoms with E-state index in [4.69, 9.17) is 0 Å². The Morgan fingerprint density at radius 2 is 1.82 bits per heavy atom. The fraction of sp³-hybridized carbons (Fsp3) is 0.269. The van der Waals surface area contributed by atoms with Gasteiger partial charge in [-0.15, -0.1) is 11.3 Å². The van der Waals surface area contributed by atoms with Crippen molar-refractivity contribution in [3.8, 4) is 5.69 Å². The van der Waals surface area contributed by atoms with Gasteiger partial charge >= 0.3 is 5.69 Å². The van der Waals surface area contributed by atoms with E-state index in [1.807, 2.05) is 57.2 Å². The number of thiophene rings is 1. The van der Waals surface area contributed by atoms with Gasteiger partial charge in [0.2, 0.25) is 5.91 Å². The van der Waals surface area contributed by atoms with Crippen LogP contribution in [0, 0.1) is 13.8 Å². The van der Waals surface area contributed by atoms with E-state index in [1.54, 1.807) is 11.4 Å². The van der Waals surface area contributed by atoms with Gasteiger partial charge in [0.15, 0.2) is 0 Å². The molecule has 0 aliphatic heterocycles. The third-order valence-electron chi connectivity index (χ3n) is 5.78. The van der Waals surface area contributed by atoms with Gasteiger partial charge in [-0.2, -0.15) is 0 Å². The minimum Gasteiger partial charge on any atom is -0.352 e. The van der Waals surface area contributed by atoms with Crippen LogP contribution in [0.5, 0.6) is 0 Å². The van der Waals surface area contributed by atoms with E-state index < -0.39 is 5.69 Å². The zero-order chi connectivity index (χ0) is 23.5. The van der Waals surface area contributed by atoms with Crippen molar-refractivity contribution in [1.82, 2.24) is 14.5 Å². The number of hydrogen-bond donors (Lipinski definition) is 1. The Morgan fingerprint density at radius 1 is 1.06 bits per heavy atom. The quantitative estimate of drug-likeness (QED) is 0.453. The van der Waals surface area contributed by atoms with Crippen molar-refractivity contribution >= 4 is 27.5 Å². The van der Waals surface area contributed by atoms with Gasteiger partial charge in [0.25, 0.3) is 5.56 Å². The Labute approximate surface area is 196 Å². The van der Waals surface area contributed by atoms with Crippen molar-refractivity contribution in [2.24, 2.45) is 0 Å². The second-order valence-electron chi connectivity index (χ2n) is 8.43. The molecule has 1 amide bonds. The number of rotatable bonds is 7. The minimum atomic E-state index is -0.508. The Bertz CT molecular complexity index is 1420. The molecule has 33 heavy (non-hydrogen) atoms. The summed E-state index contributed by atoms with van der Waals surface area (Å²) in [5.74, 6) is -0.253. The summed E-state index contributed by atoms with van der Waals surface area (Å²) in [7, 11) is 0. The van der Waals surface area contributed by atoms with E-state index in [-0.39, 0.29) is 24.1 Å². The van der Waals surface area contributed by atoms with Crippen molar-refractivity contribution in [2.75, 3.05) is 0 Å². The third kappa shape index (κ3) is 4.83.